The van der Waals surface area contributed by atoms with Gasteiger partial charge in [0.25, 0.3) is 17.4 Å². The quantitative estimate of drug-likeness (QED) is 0.394. The van der Waals surface area contributed by atoms with Gasteiger partial charge in [0, 0.05) is 24.8 Å². The molecule has 1 aliphatic heterocycles. The first kappa shape index (κ1) is 20.8. The monoisotopic (exact) mass is 425 g/mol. The molecular formula is C25H19N3O4. The second-order valence-corrected chi connectivity index (χ2v) is 7.31. The van der Waals surface area contributed by atoms with Crippen LogP contribution < -0.4 is 11.2 Å². The van der Waals surface area contributed by atoms with Crippen molar-refractivity contribution in [2.75, 3.05) is 6.54 Å². The van der Waals surface area contributed by atoms with Crippen LogP contribution in [0.15, 0.2) is 76.5 Å². The Kier molecular flexibility index (Phi) is 5.69. The van der Waals surface area contributed by atoms with Gasteiger partial charge in [0.15, 0.2) is 0 Å². The zero-order valence-corrected chi connectivity index (χ0v) is 17.3. The SMILES string of the molecule is Cc1ccc(C#Cc2cn(C/C=C\CN3C(=O)c4ccccc4C3=O)c(=O)[nH]c2=O)cc1. The van der Waals surface area contributed by atoms with Crippen LogP contribution in [0.2, 0.25) is 0 Å². The number of H-pyrrole nitrogens is 1. The fourth-order valence-electron chi connectivity index (χ4n) is 3.28. The fourth-order valence-corrected chi connectivity index (χ4v) is 3.28. The Bertz CT molecular complexity index is 1380. The number of hydrogen-bond donors (Lipinski definition) is 1. The van der Waals surface area contributed by atoms with Crippen LogP contribution in [-0.2, 0) is 6.54 Å². The summed E-state index contributed by atoms with van der Waals surface area (Å²) < 4.78 is 1.30. The zero-order chi connectivity index (χ0) is 22.7. The van der Waals surface area contributed by atoms with Gasteiger partial charge in [-0.05, 0) is 31.2 Å². The number of nitrogens with one attached hydrogen (secondary N) is 1. The molecule has 0 spiro atoms. The van der Waals surface area contributed by atoms with E-state index >= 15 is 0 Å². The minimum Gasteiger partial charge on any atom is -0.296 e. The molecular weight excluding hydrogens is 406 g/mol. The van der Waals surface area contributed by atoms with Gasteiger partial charge >= 0.3 is 5.69 Å². The number of imide groups is 1. The van der Waals surface area contributed by atoms with Crippen molar-refractivity contribution < 1.29 is 9.59 Å². The fraction of sp³-hybridized carbons (Fsp3) is 0.120. The Hall–Kier alpha value is -4.44. The first-order chi connectivity index (χ1) is 15.4. The highest BCUT2D eigenvalue weighted by Crippen LogP contribution is 2.21. The summed E-state index contributed by atoms with van der Waals surface area (Å²) in [5.74, 6) is 5.03. The molecule has 0 saturated heterocycles. The van der Waals surface area contributed by atoms with E-state index in [0.29, 0.717) is 11.1 Å². The molecule has 7 heteroatoms. The van der Waals surface area contributed by atoms with Crippen molar-refractivity contribution in [2.45, 2.75) is 13.5 Å². The molecule has 2 amide bonds. The molecule has 32 heavy (non-hydrogen) atoms. The van der Waals surface area contributed by atoms with Crippen molar-refractivity contribution in [3.63, 3.8) is 0 Å². The number of hydrogen-bond acceptors (Lipinski definition) is 4. The minimum absolute atomic E-state index is 0.0878. The molecule has 2 heterocycles. The first-order valence-corrected chi connectivity index (χ1v) is 9.97. The maximum atomic E-state index is 12.4. The van der Waals surface area contributed by atoms with Gasteiger partial charge in [-0.1, -0.05) is 53.8 Å². The van der Waals surface area contributed by atoms with Gasteiger partial charge in [-0.15, -0.1) is 0 Å². The molecule has 7 nitrogen and oxygen atoms in total. The molecule has 0 atom stereocenters. The normalized spacial score (nSPS) is 12.7. The maximum Gasteiger partial charge on any atom is 0.328 e. The van der Waals surface area contributed by atoms with Gasteiger partial charge in [0.05, 0.1) is 11.1 Å². The second-order valence-electron chi connectivity index (χ2n) is 7.31. The number of aryl methyl sites for hydroxylation is 1. The van der Waals surface area contributed by atoms with Crippen molar-refractivity contribution in [1.29, 1.82) is 0 Å². The van der Waals surface area contributed by atoms with Crippen LogP contribution >= 0.6 is 0 Å². The largest absolute Gasteiger partial charge is 0.328 e. The van der Waals surface area contributed by atoms with Crippen LogP contribution in [0.1, 0.15) is 37.4 Å². The van der Waals surface area contributed by atoms with E-state index in [-0.39, 0.29) is 30.5 Å². The summed E-state index contributed by atoms with van der Waals surface area (Å²) in [6, 6.07) is 14.2. The summed E-state index contributed by atoms with van der Waals surface area (Å²) in [5.41, 5.74) is 1.68. The summed E-state index contributed by atoms with van der Waals surface area (Å²) in [7, 11) is 0. The molecule has 0 saturated carbocycles. The van der Waals surface area contributed by atoms with E-state index in [1.54, 1.807) is 36.4 Å². The highest BCUT2D eigenvalue weighted by Gasteiger charge is 2.33. The molecule has 0 bridgehead atoms. The van der Waals surface area contributed by atoms with Crippen LogP contribution in [0.5, 0.6) is 0 Å². The molecule has 0 fully saturated rings. The van der Waals surface area contributed by atoms with Gasteiger partial charge in [0.2, 0.25) is 0 Å². The number of carbonyl (C=O) groups excluding carboxylic acids is 2. The van der Waals surface area contributed by atoms with E-state index in [0.717, 1.165) is 16.0 Å². The zero-order valence-electron chi connectivity index (χ0n) is 17.3. The van der Waals surface area contributed by atoms with Crippen LogP contribution in [0, 0.1) is 18.8 Å². The number of carbonyl (C=O) groups is 2. The third kappa shape index (κ3) is 4.20. The predicted octanol–water partition coefficient (Wildman–Crippen LogP) is 2.10. The van der Waals surface area contributed by atoms with E-state index in [9.17, 15) is 19.2 Å². The van der Waals surface area contributed by atoms with Crippen molar-refractivity contribution in [1.82, 2.24) is 14.5 Å². The Balaban J connectivity index is 1.47. The number of nitrogens with zero attached hydrogens (tertiary/aromatic N) is 2. The van der Waals surface area contributed by atoms with Gasteiger partial charge in [0.1, 0.15) is 5.56 Å². The van der Waals surface area contributed by atoms with Crippen LogP contribution in [0.3, 0.4) is 0 Å². The molecule has 2 aromatic carbocycles. The summed E-state index contributed by atoms with van der Waals surface area (Å²) >= 11 is 0. The average Bonchev–Trinajstić information content (AvgIpc) is 3.03. The topological polar surface area (TPSA) is 92.2 Å². The van der Waals surface area contributed by atoms with Crippen molar-refractivity contribution in [3.8, 4) is 11.8 Å². The van der Waals surface area contributed by atoms with Crippen LogP contribution in [0.25, 0.3) is 0 Å². The molecule has 1 aromatic heterocycles. The molecule has 158 valence electrons. The van der Waals surface area contributed by atoms with E-state index in [2.05, 4.69) is 16.8 Å². The third-order valence-corrected chi connectivity index (χ3v) is 5.04. The second kappa shape index (κ2) is 8.74. The Labute approximate surface area is 183 Å². The number of benzene rings is 2. The van der Waals surface area contributed by atoms with Crippen molar-refractivity contribution in [2.24, 2.45) is 0 Å². The third-order valence-electron chi connectivity index (χ3n) is 5.04. The lowest BCUT2D eigenvalue weighted by molar-refractivity contribution is 0.0672. The minimum atomic E-state index is -0.568. The molecule has 4 rings (SSSR count). The molecule has 3 aromatic rings. The van der Waals surface area contributed by atoms with Gasteiger partial charge in [-0.3, -0.25) is 28.8 Å². The highest BCUT2D eigenvalue weighted by atomic mass is 16.2. The lowest BCUT2D eigenvalue weighted by Gasteiger charge is -2.10. The Morgan fingerprint density at radius 2 is 1.47 bits per heavy atom. The Morgan fingerprint density at radius 1 is 0.844 bits per heavy atom. The first-order valence-electron chi connectivity index (χ1n) is 9.97. The predicted molar refractivity (Wildman–Crippen MR) is 119 cm³/mol. The standard InChI is InChI=1S/C25H19N3O4/c1-17-8-10-18(11-9-17)12-13-19-16-27(25(32)26-22(19)29)14-4-5-15-28-23(30)20-6-2-3-7-21(20)24(28)31/h2-11,16H,14-15H2,1H3,(H,26,29,32)/b5-4-. The maximum absolute atomic E-state index is 12.4. The summed E-state index contributed by atoms with van der Waals surface area (Å²) in [6.45, 7) is 2.21. The van der Waals surface area contributed by atoms with Gasteiger partial charge < -0.3 is 0 Å². The number of rotatable bonds is 4. The molecule has 0 radical (unpaired) electrons. The number of fused-ring (bicyclic) bond motifs is 1. The lowest BCUT2D eigenvalue weighted by atomic mass is 10.1. The van der Waals surface area contributed by atoms with E-state index < -0.39 is 11.2 Å². The van der Waals surface area contributed by atoms with Gasteiger partial charge in [-0.2, -0.15) is 0 Å². The highest BCUT2D eigenvalue weighted by molar-refractivity contribution is 6.21. The number of allylic oxidation sites excluding steroid dienone is 1. The number of aromatic amines is 1. The molecule has 1 aliphatic rings. The smallest absolute Gasteiger partial charge is 0.296 e. The van der Waals surface area contributed by atoms with Crippen LogP contribution in [0.4, 0.5) is 0 Å². The van der Waals surface area contributed by atoms with E-state index in [4.69, 9.17) is 0 Å². The van der Waals surface area contributed by atoms with Crippen molar-refractivity contribution in [3.05, 3.63) is 116 Å². The lowest BCUT2D eigenvalue weighted by Crippen LogP contribution is -2.31. The summed E-state index contributed by atoms with van der Waals surface area (Å²) in [5, 5.41) is 0. The Morgan fingerprint density at radius 3 is 2.12 bits per heavy atom. The number of aromatic nitrogens is 2. The molecule has 0 unspecified atom stereocenters. The summed E-state index contributed by atoms with van der Waals surface area (Å²) in [4.78, 5) is 52.4. The average molecular weight is 425 g/mol. The van der Waals surface area contributed by atoms with E-state index in [1.807, 2.05) is 31.2 Å². The van der Waals surface area contributed by atoms with Crippen LogP contribution in [-0.4, -0.2) is 32.8 Å². The summed E-state index contributed by atoms with van der Waals surface area (Å²) in [6.07, 6.45) is 4.69. The number of amides is 2. The molecule has 1 N–H and O–H groups in total. The molecule has 0 aliphatic carbocycles. The van der Waals surface area contributed by atoms with Gasteiger partial charge in [-0.25, -0.2) is 4.79 Å². The van der Waals surface area contributed by atoms with Crippen molar-refractivity contribution >= 4 is 11.8 Å². The van der Waals surface area contributed by atoms with E-state index in [1.165, 1.54) is 10.8 Å².